The van der Waals surface area contributed by atoms with Gasteiger partial charge in [-0.05, 0) is 22.4 Å². The molecular formula is C15H14N2O3. The molecule has 0 aliphatic carbocycles. The van der Waals surface area contributed by atoms with E-state index in [0.717, 1.165) is 16.3 Å². The van der Waals surface area contributed by atoms with Gasteiger partial charge in [0.05, 0.1) is 6.54 Å². The lowest BCUT2D eigenvalue weighted by Gasteiger charge is -2.20. The van der Waals surface area contributed by atoms with E-state index in [1.165, 1.54) is 4.90 Å². The van der Waals surface area contributed by atoms with Gasteiger partial charge in [0.15, 0.2) is 0 Å². The van der Waals surface area contributed by atoms with Crippen molar-refractivity contribution in [2.24, 2.45) is 0 Å². The van der Waals surface area contributed by atoms with Gasteiger partial charge in [0.1, 0.15) is 6.04 Å². The predicted octanol–water partition coefficient (Wildman–Crippen LogP) is 1.82. The van der Waals surface area contributed by atoms with Crippen molar-refractivity contribution < 1.29 is 14.7 Å². The highest BCUT2D eigenvalue weighted by Gasteiger charge is 2.35. The fraction of sp³-hybridized carbons (Fsp3) is 0.200. The Kier molecular flexibility index (Phi) is 3.02. The van der Waals surface area contributed by atoms with Crippen LogP contribution in [0.1, 0.15) is 5.56 Å². The largest absolute Gasteiger partial charge is 0.480 e. The van der Waals surface area contributed by atoms with Gasteiger partial charge in [0.2, 0.25) is 0 Å². The summed E-state index contributed by atoms with van der Waals surface area (Å²) in [6.45, 7) is 0.454. The highest BCUT2D eigenvalue weighted by Crippen LogP contribution is 2.19. The second kappa shape index (κ2) is 4.85. The molecule has 0 aromatic heterocycles. The monoisotopic (exact) mass is 270 g/mol. The Morgan fingerprint density at radius 3 is 2.75 bits per heavy atom. The standard InChI is InChI=1S/C15H14N2O3/c18-14(19)13-8-16-15(20)17(13)9-10-5-6-11-3-1-2-4-12(11)7-10/h1-7,13H,8-9H2,(H,16,20)(H,18,19)/t13-/m1/s1. The Morgan fingerprint density at radius 1 is 1.25 bits per heavy atom. The molecule has 2 aromatic rings. The van der Waals surface area contributed by atoms with E-state index in [9.17, 15) is 9.59 Å². The lowest BCUT2D eigenvalue weighted by molar-refractivity contribution is -0.141. The minimum Gasteiger partial charge on any atom is -0.480 e. The van der Waals surface area contributed by atoms with E-state index in [0.29, 0.717) is 6.54 Å². The molecule has 0 bridgehead atoms. The van der Waals surface area contributed by atoms with E-state index >= 15 is 0 Å². The summed E-state index contributed by atoms with van der Waals surface area (Å²) in [7, 11) is 0. The first-order chi connectivity index (χ1) is 9.65. The maximum atomic E-state index is 11.7. The normalized spacial score (nSPS) is 18.3. The van der Waals surface area contributed by atoms with Crippen molar-refractivity contribution in [3.63, 3.8) is 0 Å². The SMILES string of the molecule is O=C(O)[C@H]1CNC(=O)N1Cc1ccc2ccccc2c1. The number of hydrogen-bond acceptors (Lipinski definition) is 2. The smallest absolute Gasteiger partial charge is 0.328 e. The van der Waals surface area contributed by atoms with Gasteiger partial charge >= 0.3 is 12.0 Å². The maximum absolute atomic E-state index is 11.7. The predicted molar refractivity (Wildman–Crippen MR) is 74.3 cm³/mol. The molecule has 0 spiro atoms. The van der Waals surface area contributed by atoms with Crippen LogP contribution in [-0.4, -0.2) is 34.6 Å². The maximum Gasteiger partial charge on any atom is 0.328 e. The quantitative estimate of drug-likeness (QED) is 0.893. The Labute approximate surface area is 115 Å². The van der Waals surface area contributed by atoms with Gasteiger partial charge in [-0.2, -0.15) is 0 Å². The summed E-state index contributed by atoms with van der Waals surface area (Å²) < 4.78 is 0. The zero-order chi connectivity index (χ0) is 14.1. The fourth-order valence-corrected chi connectivity index (χ4v) is 2.47. The van der Waals surface area contributed by atoms with Crippen LogP contribution in [0.3, 0.4) is 0 Å². The molecule has 0 radical (unpaired) electrons. The molecule has 0 saturated carbocycles. The molecule has 5 heteroatoms. The topological polar surface area (TPSA) is 69.6 Å². The number of nitrogens with zero attached hydrogens (tertiary/aromatic N) is 1. The van der Waals surface area contributed by atoms with Crippen molar-refractivity contribution in [1.29, 1.82) is 0 Å². The van der Waals surface area contributed by atoms with Crippen LogP contribution in [0.25, 0.3) is 10.8 Å². The van der Waals surface area contributed by atoms with Crippen LogP contribution in [0.15, 0.2) is 42.5 Å². The summed E-state index contributed by atoms with van der Waals surface area (Å²) in [4.78, 5) is 24.2. The molecule has 20 heavy (non-hydrogen) atoms. The van der Waals surface area contributed by atoms with Gasteiger partial charge in [-0.25, -0.2) is 9.59 Å². The van der Waals surface area contributed by atoms with Gasteiger partial charge < -0.3 is 15.3 Å². The summed E-state index contributed by atoms with van der Waals surface area (Å²) in [6, 6.07) is 12.7. The van der Waals surface area contributed by atoms with Crippen LogP contribution in [0.2, 0.25) is 0 Å². The number of urea groups is 1. The lowest BCUT2D eigenvalue weighted by Crippen LogP contribution is -2.38. The molecule has 1 fully saturated rings. The fourth-order valence-electron chi connectivity index (χ4n) is 2.47. The molecule has 2 amide bonds. The number of aliphatic carboxylic acids is 1. The van der Waals surface area contributed by atoms with Crippen molar-refractivity contribution >= 4 is 22.8 Å². The number of carboxylic acid groups (broad SMARTS) is 1. The molecule has 2 N–H and O–H groups in total. The Bertz CT molecular complexity index is 684. The van der Waals surface area contributed by atoms with Crippen LogP contribution >= 0.6 is 0 Å². The molecule has 1 aliphatic heterocycles. The van der Waals surface area contributed by atoms with Gasteiger partial charge in [-0.1, -0.05) is 36.4 Å². The first-order valence-electron chi connectivity index (χ1n) is 6.40. The molecule has 5 nitrogen and oxygen atoms in total. The van der Waals surface area contributed by atoms with Crippen LogP contribution in [0.4, 0.5) is 4.79 Å². The van der Waals surface area contributed by atoms with E-state index in [1.54, 1.807) is 0 Å². The third-order valence-electron chi connectivity index (χ3n) is 3.54. The summed E-state index contributed by atoms with van der Waals surface area (Å²) in [5.41, 5.74) is 0.923. The number of carbonyl (C=O) groups excluding carboxylic acids is 1. The summed E-state index contributed by atoms with van der Waals surface area (Å²) in [6.07, 6.45) is 0. The lowest BCUT2D eigenvalue weighted by atomic mass is 10.1. The van der Waals surface area contributed by atoms with E-state index < -0.39 is 12.0 Å². The molecule has 1 aliphatic rings. The number of hydrogen-bond donors (Lipinski definition) is 2. The van der Waals surface area contributed by atoms with E-state index in [2.05, 4.69) is 5.32 Å². The van der Waals surface area contributed by atoms with Crippen molar-refractivity contribution in [1.82, 2.24) is 10.2 Å². The minimum atomic E-state index is -0.982. The first-order valence-corrected chi connectivity index (χ1v) is 6.40. The molecule has 1 atom stereocenters. The van der Waals surface area contributed by atoms with Gasteiger partial charge in [-0.3, -0.25) is 0 Å². The summed E-state index contributed by atoms with van der Waals surface area (Å²) in [5.74, 6) is -0.982. The number of amides is 2. The van der Waals surface area contributed by atoms with E-state index in [1.807, 2.05) is 42.5 Å². The zero-order valence-corrected chi connectivity index (χ0v) is 10.7. The van der Waals surface area contributed by atoms with Crippen molar-refractivity contribution in [2.75, 3.05) is 6.54 Å². The first kappa shape index (κ1) is 12.5. The number of nitrogens with one attached hydrogen (secondary N) is 1. The number of carboxylic acids is 1. The Hall–Kier alpha value is -2.56. The molecule has 1 heterocycles. The van der Waals surface area contributed by atoms with Crippen molar-refractivity contribution in [2.45, 2.75) is 12.6 Å². The highest BCUT2D eigenvalue weighted by atomic mass is 16.4. The second-order valence-electron chi connectivity index (χ2n) is 4.85. The Morgan fingerprint density at radius 2 is 2.00 bits per heavy atom. The number of rotatable bonds is 3. The average molecular weight is 270 g/mol. The van der Waals surface area contributed by atoms with Crippen LogP contribution < -0.4 is 5.32 Å². The Balaban J connectivity index is 1.88. The van der Waals surface area contributed by atoms with E-state index in [-0.39, 0.29) is 12.6 Å². The molecule has 2 aromatic carbocycles. The third-order valence-corrected chi connectivity index (χ3v) is 3.54. The molecule has 3 rings (SSSR count). The zero-order valence-electron chi connectivity index (χ0n) is 10.7. The number of carbonyl (C=O) groups is 2. The average Bonchev–Trinajstić information content (AvgIpc) is 2.80. The van der Waals surface area contributed by atoms with Crippen LogP contribution in [0, 0.1) is 0 Å². The van der Waals surface area contributed by atoms with Gasteiger partial charge in [0.25, 0.3) is 0 Å². The van der Waals surface area contributed by atoms with E-state index in [4.69, 9.17) is 5.11 Å². The van der Waals surface area contributed by atoms with Crippen LogP contribution in [-0.2, 0) is 11.3 Å². The molecule has 102 valence electrons. The van der Waals surface area contributed by atoms with Gasteiger partial charge in [-0.15, -0.1) is 0 Å². The minimum absolute atomic E-state index is 0.155. The van der Waals surface area contributed by atoms with Crippen molar-refractivity contribution in [3.8, 4) is 0 Å². The molecular weight excluding hydrogens is 256 g/mol. The summed E-state index contributed by atoms with van der Waals surface area (Å²) in [5, 5.41) is 13.9. The number of benzene rings is 2. The van der Waals surface area contributed by atoms with Crippen LogP contribution in [0.5, 0.6) is 0 Å². The molecule has 0 unspecified atom stereocenters. The third kappa shape index (κ3) is 2.18. The molecule has 1 saturated heterocycles. The highest BCUT2D eigenvalue weighted by molar-refractivity contribution is 5.87. The van der Waals surface area contributed by atoms with Crippen molar-refractivity contribution in [3.05, 3.63) is 48.0 Å². The van der Waals surface area contributed by atoms with Gasteiger partial charge in [0, 0.05) is 6.54 Å². The number of fused-ring (bicyclic) bond motifs is 1. The second-order valence-corrected chi connectivity index (χ2v) is 4.85. The summed E-state index contributed by atoms with van der Waals surface area (Å²) >= 11 is 0.